The second-order valence-corrected chi connectivity index (χ2v) is 6.85. The average Bonchev–Trinajstić information content (AvgIpc) is 3.00. The number of carbonyl (C=O) groups excluding carboxylic acids is 1. The van der Waals surface area contributed by atoms with E-state index in [2.05, 4.69) is 10.3 Å². The molecule has 1 aromatic carbocycles. The van der Waals surface area contributed by atoms with Crippen molar-refractivity contribution in [3.63, 3.8) is 0 Å². The molecule has 5 nitrogen and oxygen atoms in total. The molecule has 0 fully saturated rings. The van der Waals surface area contributed by atoms with E-state index in [0.29, 0.717) is 28.3 Å². The third kappa shape index (κ3) is 6.40. The average molecular weight is 381 g/mol. The minimum atomic E-state index is -0.0634. The zero-order valence-electron chi connectivity index (χ0n) is 14.4. The topological polar surface area (TPSA) is 60.5 Å². The lowest BCUT2D eigenvalue weighted by atomic mass is 10.3. The zero-order chi connectivity index (χ0) is 18.2. The number of hydrogen-bond donors (Lipinski definition) is 1. The number of amides is 1. The van der Waals surface area contributed by atoms with Gasteiger partial charge in [-0.25, -0.2) is 4.98 Å². The summed E-state index contributed by atoms with van der Waals surface area (Å²) in [4.78, 5) is 16.1. The van der Waals surface area contributed by atoms with Crippen molar-refractivity contribution in [3.8, 4) is 16.7 Å². The van der Waals surface area contributed by atoms with Gasteiger partial charge in [-0.3, -0.25) is 4.79 Å². The van der Waals surface area contributed by atoms with Gasteiger partial charge in [-0.05, 0) is 31.6 Å². The van der Waals surface area contributed by atoms with Crippen LogP contribution in [0.4, 0.5) is 0 Å². The monoisotopic (exact) mass is 380 g/mol. The fourth-order valence-corrected chi connectivity index (χ4v) is 2.87. The zero-order valence-corrected chi connectivity index (χ0v) is 16.0. The molecule has 2 rings (SSSR count). The Labute approximate surface area is 156 Å². The van der Waals surface area contributed by atoms with E-state index in [0.717, 1.165) is 11.3 Å². The highest BCUT2D eigenvalue weighted by Gasteiger charge is 2.08. The molecule has 25 heavy (non-hydrogen) atoms. The Balaban J connectivity index is 1.99. The first-order chi connectivity index (χ1) is 12.0. The third-order valence-corrected chi connectivity index (χ3v) is 4.19. The largest absolute Gasteiger partial charge is 0.494 e. The van der Waals surface area contributed by atoms with Crippen LogP contribution in [0.3, 0.4) is 0 Å². The molecule has 1 aromatic heterocycles. The Kier molecular flexibility index (Phi) is 7.28. The Morgan fingerprint density at radius 3 is 2.96 bits per heavy atom. The number of carbonyl (C=O) groups is 1. The van der Waals surface area contributed by atoms with E-state index in [-0.39, 0.29) is 11.9 Å². The summed E-state index contributed by atoms with van der Waals surface area (Å²) in [6, 6.07) is 5.27. The molecular weight excluding hydrogens is 360 g/mol. The van der Waals surface area contributed by atoms with E-state index in [1.165, 1.54) is 18.3 Å². The molecule has 0 unspecified atom stereocenters. The maximum Gasteiger partial charge on any atom is 0.279 e. The Hall–Kier alpha value is -2.05. The number of benzene rings is 1. The molecule has 1 N–H and O–H groups in total. The molecule has 134 valence electrons. The molecule has 0 aliphatic carbocycles. The molecule has 0 spiro atoms. The van der Waals surface area contributed by atoms with Crippen molar-refractivity contribution in [1.82, 2.24) is 10.3 Å². The molecule has 0 aliphatic heterocycles. The van der Waals surface area contributed by atoms with Gasteiger partial charge in [-0.2, -0.15) is 0 Å². The van der Waals surface area contributed by atoms with E-state index in [9.17, 15) is 4.79 Å². The maximum atomic E-state index is 11.0. The van der Waals surface area contributed by atoms with E-state index in [1.807, 2.05) is 32.1 Å². The van der Waals surface area contributed by atoms with Gasteiger partial charge in [0.15, 0.2) is 0 Å². The number of halogens is 1. The fraction of sp³-hybridized carbons (Fsp3) is 0.333. The van der Waals surface area contributed by atoms with E-state index >= 15 is 0 Å². The van der Waals surface area contributed by atoms with Crippen LogP contribution >= 0.6 is 22.9 Å². The van der Waals surface area contributed by atoms with Crippen molar-refractivity contribution in [1.29, 1.82) is 0 Å². The Bertz CT molecular complexity index is 746. The predicted molar refractivity (Wildman–Crippen MR) is 102 cm³/mol. The number of aromatic nitrogens is 1. The summed E-state index contributed by atoms with van der Waals surface area (Å²) in [5.74, 6) is 1.18. The minimum Gasteiger partial charge on any atom is -0.494 e. The van der Waals surface area contributed by atoms with Crippen molar-refractivity contribution in [2.45, 2.75) is 33.2 Å². The van der Waals surface area contributed by atoms with Crippen LogP contribution in [0.2, 0.25) is 5.02 Å². The highest BCUT2D eigenvalue weighted by atomic mass is 35.5. The lowest BCUT2D eigenvalue weighted by molar-refractivity contribution is -0.119. The number of hydrogen-bond acceptors (Lipinski definition) is 5. The molecule has 0 aliphatic rings. The van der Waals surface area contributed by atoms with E-state index in [4.69, 9.17) is 21.1 Å². The highest BCUT2D eigenvalue weighted by molar-refractivity contribution is 7.14. The summed E-state index contributed by atoms with van der Waals surface area (Å²) in [7, 11) is 0. The summed E-state index contributed by atoms with van der Waals surface area (Å²) in [6.45, 7) is 6.09. The molecule has 0 saturated heterocycles. The first-order valence-electron chi connectivity index (χ1n) is 7.99. The van der Waals surface area contributed by atoms with Crippen LogP contribution in [0.25, 0.3) is 6.08 Å². The quantitative estimate of drug-likeness (QED) is 0.706. The van der Waals surface area contributed by atoms with Crippen LogP contribution in [0.5, 0.6) is 16.7 Å². The standard InChI is InChI=1S/C18H21ClN2O3S/c1-4-9-23-14-6-8-17(16(19)10-14)24-18-20-11-15(25-18)7-5-12(2)21-13(3)22/h5-8,10-12H,4,9H2,1-3H3,(H,21,22)/t12-/m0/s1. The van der Waals surface area contributed by atoms with Gasteiger partial charge in [0.25, 0.3) is 5.19 Å². The van der Waals surface area contributed by atoms with E-state index in [1.54, 1.807) is 18.3 Å². The normalized spacial score (nSPS) is 12.2. The van der Waals surface area contributed by atoms with Gasteiger partial charge in [-0.1, -0.05) is 35.9 Å². The van der Waals surface area contributed by atoms with Crippen molar-refractivity contribution in [2.24, 2.45) is 0 Å². The van der Waals surface area contributed by atoms with Gasteiger partial charge < -0.3 is 14.8 Å². The molecular formula is C18H21ClN2O3S. The molecule has 0 bridgehead atoms. The van der Waals surface area contributed by atoms with Gasteiger partial charge in [0.05, 0.1) is 16.5 Å². The minimum absolute atomic E-state index is 0.0472. The molecule has 0 radical (unpaired) electrons. The lowest BCUT2D eigenvalue weighted by Gasteiger charge is -2.08. The number of rotatable bonds is 8. The lowest BCUT2D eigenvalue weighted by Crippen LogP contribution is -2.28. The fourth-order valence-electron chi connectivity index (χ4n) is 1.97. The number of thiazole rings is 1. The van der Waals surface area contributed by atoms with Crippen molar-refractivity contribution in [3.05, 3.63) is 40.4 Å². The van der Waals surface area contributed by atoms with Gasteiger partial charge in [0.1, 0.15) is 11.5 Å². The van der Waals surface area contributed by atoms with Crippen LogP contribution in [0.1, 0.15) is 32.1 Å². The Morgan fingerprint density at radius 2 is 2.28 bits per heavy atom. The maximum absolute atomic E-state index is 11.0. The summed E-state index contributed by atoms with van der Waals surface area (Å²) in [5, 5.41) is 3.75. The van der Waals surface area contributed by atoms with Crippen LogP contribution in [-0.4, -0.2) is 23.5 Å². The molecule has 7 heteroatoms. The summed E-state index contributed by atoms with van der Waals surface area (Å²) in [6.07, 6.45) is 6.44. The van der Waals surface area contributed by atoms with Crippen molar-refractivity contribution < 1.29 is 14.3 Å². The smallest absolute Gasteiger partial charge is 0.279 e. The number of nitrogens with zero attached hydrogens (tertiary/aromatic N) is 1. The summed E-state index contributed by atoms with van der Waals surface area (Å²) < 4.78 is 11.3. The summed E-state index contributed by atoms with van der Waals surface area (Å²) in [5.41, 5.74) is 0. The SMILES string of the molecule is CCCOc1ccc(Oc2ncc(C=C[C@H](C)NC(C)=O)s2)c(Cl)c1. The van der Waals surface area contributed by atoms with Gasteiger partial charge in [-0.15, -0.1) is 0 Å². The third-order valence-electron chi connectivity index (χ3n) is 3.06. The summed E-state index contributed by atoms with van der Waals surface area (Å²) >= 11 is 7.63. The molecule has 1 atom stereocenters. The molecule has 2 aromatic rings. The Morgan fingerprint density at radius 1 is 1.48 bits per heavy atom. The molecule has 0 saturated carbocycles. The van der Waals surface area contributed by atoms with Crippen LogP contribution < -0.4 is 14.8 Å². The number of ether oxygens (including phenoxy) is 2. The van der Waals surface area contributed by atoms with Gasteiger partial charge in [0.2, 0.25) is 5.91 Å². The predicted octanol–water partition coefficient (Wildman–Crippen LogP) is 4.92. The second-order valence-electron chi connectivity index (χ2n) is 5.42. The first-order valence-corrected chi connectivity index (χ1v) is 9.18. The molecule has 1 heterocycles. The van der Waals surface area contributed by atoms with Gasteiger partial charge in [0, 0.05) is 25.2 Å². The van der Waals surface area contributed by atoms with Crippen LogP contribution in [-0.2, 0) is 4.79 Å². The highest BCUT2D eigenvalue weighted by Crippen LogP contribution is 2.34. The van der Waals surface area contributed by atoms with Crippen LogP contribution in [0.15, 0.2) is 30.5 Å². The first kappa shape index (κ1) is 19.3. The van der Waals surface area contributed by atoms with Gasteiger partial charge >= 0.3 is 0 Å². The van der Waals surface area contributed by atoms with Crippen molar-refractivity contribution >= 4 is 34.9 Å². The van der Waals surface area contributed by atoms with Crippen molar-refractivity contribution in [2.75, 3.05) is 6.61 Å². The van der Waals surface area contributed by atoms with E-state index < -0.39 is 0 Å². The second kappa shape index (κ2) is 9.44. The molecule has 1 amide bonds. The van der Waals surface area contributed by atoms with Crippen LogP contribution in [0, 0.1) is 0 Å². The number of nitrogens with one attached hydrogen (secondary N) is 1.